The Labute approximate surface area is 106 Å². The molecule has 2 aliphatic rings. The second kappa shape index (κ2) is 4.72. The minimum Gasteiger partial charge on any atom is -0.481 e. The van der Waals surface area contributed by atoms with E-state index >= 15 is 0 Å². The SMILES string of the molecule is O=C(O)[C@@H]1CCCO[C@H]1c1cnn(CC2CC2)c1. The maximum atomic E-state index is 11.2. The summed E-state index contributed by atoms with van der Waals surface area (Å²) in [6.45, 7) is 1.59. The van der Waals surface area contributed by atoms with Gasteiger partial charge in [-0.05, 0) is 31.6 Å². The first kappa shape index (κ1) is 11.7. The van der Waals surface area contributed by atoms with E-state index in [1.807, 2.05) is 10.9 Å². The molecule has 0 bridgehead atoms. The highest BCUT2D eigenvalue weighted by Gasteiger charge is 2.34. The van der Waals surface area contributed by atoms with Gasteiger partial charge < -0.3 is 9.84 Å². The van der Waals surface area contributed by atoms with E-state index in [0.717, 1.165) is 24.4 Å². The van der Waals surface area contributed by atoms with Gasteiger partial charge in [-0.15, -0.1) is 0 Å². The highest BCUT2D eigenvalue weighted by Crippen LogP contribution is 2.34. The van der Waals surface area contributed by atoms with E-state index < -0.39 is 11.9 Å². The van der Waals surface area contributed by atoms with Gasteiger partial charge in [-0.3, -0.25) is 9.48 Å². The van der Waals surface area contributed by atoms with Crippen molar-refractivity contribution in [3.63, 3.8) is 0 Å². The molecule has 1 aromatic rings. The predicted molar refractivity (Wildman–Crippen MR) is 64.0 cm³/mol. The number of aliphatic carboxylic acids is 1. The van der Waals surface area contributed by atoms with Gasteiger partial charge in [0.25, 0.3) is 0 Å². The van der Waals surface area contributed by atoms with Gasteiger partial charge in [0.15, 0.2) is 0 Å². The molecule has 0 radical (unpaired) electrons. The molecule has 0 amide bonds. The molecule has 3 rings (SSSR count). The lowest BCUT2D eigenvalue weighted by molar-refractivity contribution is -0.151. The van der Waals surface area contributed by atoms with Crippen LogP contribution in [0.4, 0.5) is 0 Å². The molecule has 18 heavy (non-hydrogen) atoms. The molecule has 0 aromatic carbocycles. The number of hydrogen-bond acceptors (Lipinski definition) is 3. The van der Waals surface area contributed by atoms with Crippen LogP contribution >= 0.6 is 0 Å². The first-order chi connectivity index (χ1) is 8.74. The van der Waals surface area contributed by atoms with Crippen molar-refractivity contribution in [2.45, 2.75) is 38.3 Å². The molecule has 1 aliphatic heterocycles. The predicted octanol–water partition coefficient (Wildman–Crippen LogP) is 1.85. The van der Waals surface area contributed by atoms with Crippen molar-refractivity contribution in [3.8, 4) is 0 Å². The first-order valence-electron chi connectivity index (χ1n) is 6.61. The van der Waals surface area contributed by atoms with Crippen LogP contribution in [-0.4, -0.2) is 27.5 Å². The molecule has 1 aliphatic carbocycles. The lowest BCUT2D eigenvalue weighted by atomic mass is 9.91. The van der Waals surface area contributed by atoms with Crippen LogP contribution in [0.2, 0.25) is 0 Å². The molecule has 2 fully saturated rings. The van der Waals surface area contributed by atoms with Crippen molar-refractivity contribution in [1.82, 2.24) is 9.78 Å². The lowest BCUT2D eigenvalue weighted by Gasteiger charge is -2.28. The summed E-state index contributed by atoms with van der Waals surface area (Å²) in [6, 6.07) is 0. The Kier molecular flexibility index (Phi) is 3.07. The van der Waals surface area contributed by atoms with Crippen molar-refractivity contribution >= 4 is 5.97 Å². The largest absolute Gasteiger partial charge is 0.481 e. The van der Waals surface area contributed by atoms with Crippen LogP contribution in [-0.2, 0) is 16.1 Å². The smallest absolute Gasteiger partial charge is 0.309 e. The fourth-order valence-corrected chi connectivity index (χ4v) is 2.55. The third-order valence-corrected chi connectivity index (χ3v) is 3.76. The summed E-state index contributed by atoms with van der Waals surface area (Å²) in [5.74, 6) is -0.438. The van der Waals surface area contributed by atoms with Crippen molar-refractivity contribution in [3.05, 3.63) is 18.0 Å². The average Bonchev–Trinajstić information content (AvgIpc) is 3.05. The number of ether oxygens (including phenoxy) is 1. The van der Waals surface area contributed by atoms with Crippen LogP contribution in [0.3, 0.4) is 0 Å². The van der Waals surface area contributed by atoms with Gasteiger partial charge in [0.05, 0.1) is 18.2 Å². The van der Waals surface area contributed by atoms with E-state index in [4.69, 9.17) is 4.74 Å². The Morgan fingerprint density at radius 2 is 2.33 bits per heavy atom. The van der Waals surface area contributed by atoms with E-state index in [1.54, 1.807) is 6.20 Å². The van der Waals surface area contributed by atoms with E-state index in [0.29, 0.717) is 13.0 Å². The highest BCUT2D eigenvalue weighted by atomic mass is 16.5. The summed E-state index contributed by atoms with van der Waals surface area (Å²) in [5, 5.41) is 13.5. The molecule has 0 unspecified atom stereocenters. The van der Waals surface area contributed by atoms with Gasteiger partial charge in [0.2, 0.25) is 0 Å². The van der Waals surface area contributed by atoms with Crippen LogP contribution in [0.5, 0.6) is 0 Å². The number of carboxylic acid groups (broad SMARTS) is 1. The first-order valence-corrected chi connectivity index (χ1v) is 6.61. The molecule has 2 heterocycles. The Morgan fingerprint density at radius 3 is 3.06 bits per heavy atom. The Bertz CT molecular complexity index is 439. The van der Waals surface area contributed by atoms with E-state index in [1.165, 1.54) is 12.8 Å². The molecule has 0 spiro atoms. The summed E-state index contributed by atoms with van der Waals surface area (Å²) in [6.07, 6.45) is 7.46. The second-order valence-electron chi connectivity index (χ2n) is 5.32. The van der Waals surface area contributed by atoms with Crippen LogP contribution in [0.25, 0.3) is 0 Å². The third-order valence-electron chi connectivity index (χ3n) is 3.76. The summed E-state index contributed by atoms with van der Waals surface area (Å²) in [5.41, 5.74) is 0.905. The van der Waals surface area contributed by atoms with Crippen molar-refractivity contribution in [2.75, 3.05) is 6.61 Å². The monoisotopic (exact) mass is 250 g/mol. The number of carbonyl (C=O) groups is 1. The van der Waals surface area contributed by atoms with Gasteiger partial charge in [0, 0.05) is 24.9 Å². The fraction of sp³-hybridized carbons (Fsp3) is 0.692. The van der Waals surface area contributed by atoms with Crippen LogP contribution in [0.15, 0.2) is 12.4 Å². The maximum absolute atomic E-state index is 11.2. The van der Waals surface area contributed by atoms with Gasteiger partial charge in [-0.2, -0.15) is 5.10 Å². The molecule has 2 atom stereocenters. The van der Waals surface area contributed by atoms with Gasteiger partial charge in [0.1, 0.15) is 0 Å². The number of hydrogen-bond donors (Lipinski definition) is 1. The van der Waals surface area contributed by atoms with Crippen LogP contribution in [0.1, 0.15) is 37.4 Å². The van der Waals surface area contributed by atoms with Crippen molar-refractivity contribution in [1.29, 1.82) is 0 Å². The van der Waals surface area contributed by atoms with Gasteiger partial charge >= 0.3 is 5.97 Å². The number of nitrogens with zero attached hydrogens (tertiary/aromatic N) is 2. The van der Waals surface area contributed by atoms with Crippen LogP contribution in [0, 0.1) is 11.8 Å². The second-order valence-corrected chi connectivity index (χ2v) is 5.32. The molecule has 1 aromatic heterocycles. The maximum Gasteiger partial charge on any atom is 0.309 e. The summed E-state index contributed by atoms with van der Waals surface area (Å²) in [7, 11) is 0. The zero-order chi connectivity index (χ0) is 12.5. The molecule has 1 saturated carbocycles. The molecule has 5 nitrogen and oxygen atoms in total. The Hall–Kier alpha value is -1.36. The molecule has 1 saturated heterocycles. The average molecular weight is 250 g/mol. The standard InChI is InChI=1S/C13H18N2O3/c16-13(17)11-2-1-5-18-12(11)10-6-14-15(8-10)7-9-3-4-9/h6,8-9,11-12H,1-5,7H2,(H,16,17)/t11-,12+/m1/s1. The zero-order valence-corrected chi connectivity index (χ0v) is 10.3. The molecule has 1 N–H and O–H groups in total. The number of aromatic nitrogens is 2. The van der Waals surface area contributed by atoms with E-state index in [9.17, 15) is 9.90 Å². The van der Waals surface area contributed by atoms with Gasteiger partial charge in [-0.1, -0.05) is 0 Å². The number of carboxylic acids is 1. The Morgan fingerprint density at radius 1 is 1.50 bits per heavy atom. The third kappa shape index (κ3) is 2.41. The molecule has 5 heteroatoms. The zero-order valence-electron chi connectivity index (χ0n) is 10.3. The van der Waals surface area contributed by atoms with E-state index in [-0.39, 0.29) is 6.10 Å². The minimum atomic E-state index is -0.769. The van der Waals surface area contributed by atoms with Crippen molar-refractivity contribution in [2.24, 2.45) is 11.8 Å². The molecular formula is C13H18N2O3. The highest BCUT2D eigenvalue weighted by molar-refractivity contribution is 5.71. The summed E-state index contributed by atoms with van der Waals surface area (Å²) < 4.78 is 7.56. The lowest BCUT2D eigenvalue weighted by Crippen LogP contribution is -2.28. The van der Waals surface area contributed by atoms with Crippen molar-refractivity contribution < 1.29 is 14.6 Å². The summed E-state index contributed by atoms with van der Waals surface area (Å²) in [4.78, 5) is 11.2. The number of rotatable bonds is 4. The quantitative estimate of drug-likeness (QED) is 0.885. The topological polar surface area (TPSA) is 64.3 Å². The van der Waals surface area contributed by atoms with Crippen LogP contribution < -0.4 is 0 Å². The van der Waals surface area contributed by atoms with Gasteiger partial charge in [-0.25, -0.2) is 0 Å². The normalized spacial score (nSPS) is 28.2. The fourth-order valence-electron chi connectivity index (χ4n) is 2.55. The minimum absolute atomic E-state index is 0.329. The summed E-state index contributed by atoms with van der Waals surface area (Å²) >= 11 is 0. The molecular weight excluding hydrogens is 232 g/mol. The molecule has 98 valence electrons. The van der Waals surface area contributed by atoms with E-state index in [2.05, 4.69) is 5.10 Å². The Balaban J connectivity index is 1.74.